The second kappa shape index (κ2) is 6.38. The van der Waals surface area contributed by atoms with Crippen molar-refractivity contribution in [3.63, 3.8) is 0 Å². The molecule has 0 saturated carbocycles. The van der Waals surface area contributed by atoms with Crippen LogP contribution in [0.2, 0.25) is 0 Å². The fraction of sp³-hybridized carbons (Fsp3) is 0.412. The number of alkyl halides is 1. The van der Waals surface area contributed by atoms with Gasteiger partial charge in [0, 0.05) is 24.5 Å². The smallest absolute Gasteiger partial charge is 0.258 e. The van der Waals surface area contributed by atoms with E-state index in [1.807, 2.05) is 0 Å². The third-order valence-electron chi connectivity index (χ3n) is 4.95. The van der Waals surface area contributed by atoms with E-state index in [-0.39, 0.29) is 17.1 Å². The zero-order valence-electron chi connectivity index (χ0n) is 14.9. The summed E-state index contributed by atoms with van der Waals surface area (Å²) in [5.41, 5.74) is 1.22. The molecule has 1 aliphatic rings. The van der Waals surface area contributed by atoms with Crippen molar-refractivity contribution in [3.8, 4) is 11.4 Å². The minimum atomic E-state index is -3.96. The van der Waals surface area contributed by atoms with Crippen LogP contribution in [0.25, 0.3) is 22.3 Å². The van der Waals surface area contributed by atoms with Gasteiger partial charge >= 0.3 is 0 Å². The van der Waals surface area contributed by atoms with Crippen LogP contribution in [0.5, 0.6) is 0 Å². The van der Waals surface area contributed by atoms with Crippen LogP contribution in [0.15, 0.2) is 23.5 Å². The summed E-state index contributed by atoms with van der Waals surface area (Å²) in [7, 11) is -2.25. The summed E-state index contributed by atoms with van der Waals surface area (Å²) >= 11 is 0. The zero-order chi connectivity index (χ0) is 19.3. The largest absolute Gasteiger partial charge is 0.342 e. The molecule has 1 fully saturated rings. The van der Waals surface area contributed by atoms with Crippen LogP contribution in [0.3, 0.4) is 0 Å². The van der Waals surface area contributed by atoms with Gasteiger partial charge in [0.15, 0.2) is 5.82 Å². The fourth-order valence-electron chi connectivity index (χ4n) is 3.66. The van der Waals surface area contributed by atoms with E-state index in [4.69, 9.17) is 0 Å². The highest BCUT2D eigenvalue weighted by Crippen LogP contribution is 2.35. The van der Waals surface area contributed by atoms with Crippen molar-refractivity contribution in [1.29, 1.82) is 0 Å². The zero-order valence-corrected chi connectivity index (χ0v) is 15.7. The van der Waals surface area contributed by atoms with Crippen molar-refractivity contribution in [1.82, 2.24) is 24.1 Å². The van der Waals surface area contributed by atoms with Gasteiger partial charge in [-0.3, -0.25) is 4.68 Å². The van der Waals surface area contributed by atoms with Gasteiger partial charge in [-0.05, 0) is 37.5 Å². The quantitative estimate of drug-likeness (QED) is 0.736. The number of benzene rings is 1. The average molecular weight is 395 g/mol. The lowest BCUT2D eigenvalue weighted by Crippen LogP contribution is -2.36. The monoisotopic (exact) mass is 395 g/mol. The topological polar surface area (TPSA) is 83.9 Å². The van der Waals surface area contributed by atoms with E-state index in [1.165, 1.54) is 23.1 Å². The standard InChI is InChI=1S/C17H19F2N5O2S/c1-10-6-13(19)16-12(15(10)17-20-9-23(2)22-17)7-14(21-16)27(25,26)24-5-3-4-11(24)8-18/h6-7,9,11,21H,3-5,8H2,1-2H3/t11-/m1/s1. The Hall–Kier alpha value is -2.33. The number of H-pyrrole nitrogens is 1. The minimum absolute atomic E-state index is 0.0672. The molecule has 1 aliphatic heterocycles. The second-order valence-corrected chi connectivity index (χ2v) is 8.64. The number of hydrogen-bond donors (Lipinski definition) is 1. The highest BCUT2D eigenvalue weighted by atomic mass is 32.2. The molecule has 7 nitrogen and oxygen atoms in total. The number of aromatic nitrogens is 4. The molecule has 3 aromatic rings. The molecule has 3 heterocycles. The predicted octanol–water partition coefficient (Wildman–Crippen LogP) is 2.53. The van der Waals surface area contributed by atoms with E-state index in [9.17, 15) is 17.2 Å². The van der Waals surface area contributed by atoms with E-state index in [2.05, 4.69) is 15.1 Å². The van der Waals surface area contributed by atoms with Crippen molar-refractivity contribution >= 4 is 20.9 Å². The predicted molar refractivity (Wildman–Crippen MR) is 95.9 cm³/mol. The Balaban J connectivity index is 1.91. The van der Waals surface area contributed by atoms with E-state index >= 15 is 0 Å². The third kappa shape index (κ3) is 2.83. The first-order chi connectivity index (χ1) is 12.8. The van der Waals surface area contributed by atoms with Gasteiger partial charge in [0.25, 0.3) is 10.0 Å². The second-order valence-electron chi connectivity index (χ2n) is 6.78. The summed E-state index contributed by atoms with van der Waals surface area (Å²) in [6.07, 6.45) is 2.60. The Morgan fingerprint density at radius 2 is 2.15 bits per heavy atom. The van der Waals surface area contributed by atoms with Gasteiger partial charge in [-0.1, -0.05) is 0 Å². The molecule has 0 bridgehead atoms. The van der Waals surface area contributed by atoms with E-state index in [1.54, 1.807) is 14.0 Å². The Kier molecular flexibility index (Phi) is 4.26. The van der Waals surface area contributed by atoms with Gasteiger partial charge in [-0.25, -0.2) is 22.2 Å². The summed E-state index contributed by atoms with van der Waals surface area (Å²) in [6, 6.07) is 2.03. The number of fused-ring (bicyclic) bond motifs is 1. The number of aromatic amines is 1. The number of sulfonamides is 1. The highest BCUT2D eigenvalue weighted by molar-refractivity contribution is 7.89. The Morgan fingerprint density at radius 1 is 1.37 bits per heavy atom. The van der Waals surface area contributed by atoms with Crippen molar-refractivity contribution in [2.75, 3.05) is 13.2 Å². The van der Waals surface area contributed by atoms with Crippen LogP contribution in [-0.2, 0) is 17.1 Å². The molecule has 0 spiro atoms. The Labute approximate surface area is 155 Å². The number of nitrogens with one attached hydrogen (secondary N) is 1. The molecule has 1 N–H and O–H groups in total. The number of halogens is 2. The van der Waals surface area contributed by atoms with E-state index < -0.39 is 28.6 Å². The van der Waals surface area contributed by atoms with E-state index in [0.29, 0.717) is 35.2 Å². The molecule has 0 unspecified atom stereocenters. The molecular formula is C17H19F2N5O2S. The Morgan fingerprint density at radius 3 is 2.81 bits per heavy atom. The average Bonchev–Trinajstić information content (AvgIpc) is 3.33. The molecule has 1 atom stereocenters. The van der Waals surface area contributed by atoms with Gasteiger partial charge in [0.2, 0.25) is 0 Å². The fourth-order valence-corrected chi connectivity index (χ4v) is 5.33. The van der Waals surface area contributed by atoms with Crippen molar-refractivity contribution < 1.29 is 17.2 Å². The normalized spacial score (nSPS) is 18.6. The van der Waals surface area contributed by atoms with Gasteiger partial charge in [0.05, 0.1) is 11.6 Å². The molecule has 10 heteroatoms. The van der Waals surface area contributed by atoms with Crippen LogP contribution in [0.1, 0.15) is 18.4 Å². The molecule has 27 heavy (non-hydrogen) atoms. The highest BCUT2D eigenvalue weighted by Gasteiger charge is 2.36. The van der Waals surface area contributed by atoms with Crippen LogP contribution < -0.4 is 0 Å². The number of aryl methyl sites for hydroxylation is 2. The number of nitrogens with zero attached hydrogens (tertiary/aromatic N) is 4. The molecular weight excluding hydrogens is 376 g/mol. The maximum Gasteiger partial charge on any atom is 0.258 e. The first-order valence-corrected chi connectivity index (χ1v) is 10.0. The number of rotatable bonds is 4. The van der Waals surface area contributed by atoms with Crippen molar-refractivity contribution in [2.24, 2.45) is 7.05 Å². The molecule has 1 saturated heterocycles. The maximum absolute atomic E-state index is 14.5. The van der Waals surface area contributed by atoms with E-state index in [0.717, 1.165) is 4.31 Å². The molecule has 0 radical (unpaired) electrons. The summed E-state index contributed by atoms with van der Waals surface area (Å²) in [4.78, 5) is 6.89. The van der Waals surface area contributed by atoms with Gasteiger partial charge < -0.3 is 4.98 Å². The van der Waals surface area contributed by atoms with Crippen molar-refractivity contribution in [2.45, 2.75) is 30.8 Å². The lowest BCUT2D eigenvalue weighted by Gasteiger charge is -2.20. The van der Waals surface area contributed by atoms with Gasteiger partial charge in [-0.15, -0.1) is 0 Å². The maximum atomic E-state index is 14.5. The van der Waals surface area contributed by atoms with Crippen LogP contribution in [-0.4, -0.2) is 51.7 Å². The molecule has 144 valence electrons. The van der Waals surface area contributed by atoms with Crippen LogP contribution in [0, 0.1) is 12.7 Å². The molecule has 0 aliphatic carbocycles. The summed E-state index contributed by atoms with van der Waals surface area (Å²) < 4.78 is 56.4. The molecule has 0 amide bonds. The van der Waals surface area contributed by atoms with Gasteiger partial charge in [-0.2, -0.15) is 9.40 Å². The lowest BCUT2D eigenvalue weighted by molar-refractivity contribution is 0.311. The third-order valence-corrected chi connectivity index (χ3v) is 6.82. The summed E-state index contributed by atoms with van der Waals surface area (Å²) in [6.45, 7) is 1.23. The summed E-state index contributed by atoms with van der Waals surface area (Å²) in [5, 5.41) is 4.48. The molecule has 1 aromatic carbocycles. The first kappa shape index (κ1) is 18.1. The SMILES string of the molecule is Cc1cc(F)c2[nH]c(S(=O)(=O)N3CCC[C@@H]3CF)cc2c1-c1ncn(C)n1. The van der Waals surface area contributed by atoms with Crippen molar-refractivity contribution in [3.05, 3.63) is 29.8 Å². The first-order valence-electron chi connectivity index (χ1n) is 8.58. The van der Waals surface area contributed by atoms with Gasteiger partial charge in [0.1, 0.15) is 23.8 Å². The molecule has 4 rings (SSSR count). The molecule has 2 aromatic heterocycles. The van der Waals surface area contributed by atoms with Crippen LogP contribution in [0.4, 0.5) is 8.78 Å². The minimum Gasteiger partial charge on any atom is -0.342 e. The Bertz CT molecular complexity index is 1120. The van der Waals surface area contributed by atoms with Crippen LogP contribution >= 0.6 is 0 Å². The summed E-state index contributed by atoms with van der Waals surface area (Å²) in [5.74, 6) is -0.183. The number of hydrogen-bond acceptors (Lipinski definition) is 4. The lowest BCUT2D eigenvalue weighted by atomic mass is 10.0.